The molecule has 0 bridgehead atoms. The van der Waals surface area contributed by atoms with Gasteiger partial charge in [0.1, 0.15) is 5.75 Å². The van der Waals surface area contributed by atoms with E-state index in [0.29, 0.717) is 5.56 Å². The molecule has 0 radical (unpaired) electrons. The maximum absolute atomic E-state index is 12.0. The van der Waals surface area contributed by atoms with Crippen LogP contribution in [0.25, 0.3) is 10.8 Å². The first-order valence-corrected chi connectivity index (χ1v) is 7.46. The van der Waals surface area contributed by atoms with Gasteiger partial charge in [-0.05, 0) is 22.9 Å². The van der Waals surface area contributed by atoms with E-state index < -0.39 is 0 Å². The molecule has 0 unspecified atom stereocenters. The Labute approximate surface area is 138 Å². The van der Waals surface area contributed by atoms with E-state index >= 15 is 0 Å². The molecular formula is C19H13N3O2. The lowest BCUT2D eigenvalue weighted by Crippen LogP contribution is -2.13. The molecule has 0 fully saturated rings. The number of nitrogens with zero attached hydrogens (tertiary/aromatic N) is 2. The highest BCUT2D eigenvalue weighted by Crippen LogP contribution is 2.26. The summed E-state index contributed by atoms with van der Waals surface area (Å²) in [6.45, 7) is 0. The zero-order valence-corrected chi connectivity index (χ0v) is 12.6. The third-order valence-electron chi connectivity index (χ3n) is 3.94. The normalized spacial score (nSPS) is 15.2. The second-order valence-electron chi connectivity index (χ2n) is 5.41. The van der Waals surface area contributed by atoms with Crippen molar-refractivity contribution in [2.24, 2.45) is 10.2 Å². The summed E-state index contributed by atoms with van der Waals surface area (Å²) in [5, 5.41) is 22.8. The van der Waals surface area contributed by atoms with Crippen molar-refractivity contribution in [3.05, 3.63) is 71.8 Å². The van der Waals surface area contributed by atoms with Crippen molar-refractivity contribution < 1.29 is 9.90 Å². The van der Waals surface area contributed by atoms with Crippen molar-refractivity contribution in [2.45, 2.75) is 0 Å². The van der Waals surface area contributed by atoms with Gasteiger partial charge in [0, 0.05) is 11.1 Å². The summed E-state index contributed by atoms with van der Waals surface area (Å²) in [7, 11) is 0. The van der Waals surface area contributed by atoms with Crippen molar-refractivity contribution in [1.29, 1.82) is 0 Å². The summed E-state index contributed by atoms with van der Waals surface area (Å²) in [4.78, 5) is 12.0. The quantitative estimate of drug-likeness (QED) is 0.562. The number of rotatable bonds is 2. The third-order valence-corrected chi connectivity index (χ3v) is 3.94. The number of amides is 1. The van der Waals surface area contributed by atoms with Crippen LogP contribution in [0.1, 0.15) is 11.1 Å². The molecule has 0 aromatic heterocycles. The lowest BCUT2D eigenvalue weighted by Gasteiger charge is -2.03. The Morgan fingerprint density at radius 3 is 2.67 bits per heavy atom. The first-order valence-electron chi connectivity index (χ1n) is 7.46. The van der Waals surface area contributed by atoms with E-state index in [2.05, 4.69) is 15.5 Å². The molecule has 1 aliphatic rings. The average molecular weight is 315 g/mol. The molecule has 1 heterocycles. The van der Waals surface area contributed by atoms with Crippen LogP contribution in [-0.2, 0) is 4.79 Å². The van der Waals surface area contributed by atoms with Gasteiger partial charge in [0.2, 0.25) is 0 Å². The van der Waals surface area contributed by atoms with E-state index in [4.69, 9.17) is 0 Å². The second kappa shape index (κ2) is 5.62. The number of carbonyl (C=O) groups is 1. The van der Waals surface area contributed by atoms with E-state index in [1.165, 1.54) is 6.21 Å². The Morgan fingerprint density at radius 1 is 0.958 bits per heavy atom. The molecule has 116 valence electrons. The number of anilines is 1. The lowest BCUT2D eigenvalue weighted by molar-refractivity contribution is -0.110. The minimum Gasteiger partial charge on any atom is -0.507 e. The molecule has 3 aromatic rings. The number of phenolic OH excluding ortho intramolecular Hbond substituents is 1. The van der Waals surface area contributed by atoms with Gasteiger partial charge in [-0.25, -0.2) is 0 Å². The SMILES string of the molecule is O=C1Nc2ccccc2/C1=N/N=C/c1c(O)ccc2ccccc12. The number of benzene rings is 3. The van der Waals surface area contributed by atoms with Crippen LogP contribution in [0, 0.1) is 0 Å². The fraction of sp³-hybridized carbons (Fsp3) is 0. The first-order chi connectivity index (χ1) is 11.7. The monoisotopic (exact) mass is 315 g/mol. The smallest absolute Gasteiger partial charge is 0.276 e. The van der Waals surface area contributed by atoms with Gasteiger partial charge in [-0.2, -0.15) is 5.10 Å². The zero-order chi connectivity index (χ0) is 16.5. The topological polar surface area (TPSA) is 74.0 Å². The van der Waals surface area contributed by atoms with Gasteiger partial charge < -0.3 is 10.4 Å². The summed E-state index contributed by atoms with van der Waals surface area (Å²) in [5.74, 6) is -0.163. The molecular weight excluding hydrogens is 302 g/mol. The van der Waals surface area contributed by atoms with Gasteiger partial charge >= 0.3 is 0 Å². The number of carbonyl (C=O) groups excluding carboxylic acids is 1. The van der Waals surface area contributed by atoms with Crippen LogP contribution in [0.15, 0.2) is 70.9 Å². The second-order valence-corrected chi connectivity index (χ2v) is 5.41. The fourth-order valence-corrected chi connectivity index (χ4v) is 2.77. The van der Waals surface area contributed by atoms with Crippen molar-refractivity contribution in [3.63, 3.8) is 0 Å². The predicted molar refractivity (Wildman–Crippen MR) is 94.8 cm³/mol. The maximum Gasteiger partial charge on any atom is 0.276 e. The summed E-state index contributed by atoms with van der Waals surface area (Å²) in [5.41, 5.74) is 2.29. The lowest BCUT2D eigenvalue weighted by atomic mass is 10.0. The summed E-state index contributed by atoms with van der Waals surface area (Å²) in [6.07, 6.45) is 1.47. The largest absolute Gasteiger partial charge is 0.507 e. The van der Waals surface area contributed by atoms with Gasteiger partial charge in [0.15, 0.2) is 5.71 Å². The van der Waals surface area contributed by atoms with Crippen LogP contribution in [0.3, 0.4) is 0 Å². The van der Waals surface area contributed by atoms with Crippen molar-refractivity contribution >= 4 is 34.3 Å². The van der Waals surface area contributed by atoms with Crippen molar-refractivity contribution in [3.8, 4) is 5.75 Å². The number of hydrogen-bond acceptors (Lipinski definition) is 4. The molecule has 0 aliphatic carbocycles. The molecule has 24 heavy (non-hydrogen) atoms. The Morgan fingerprint density at radius 2 is 1.75 bits per heavy atom. The van der Waals surface area contributed by atoms with E-state index in [1.807, 2.05) is 54.6 Å². The number of fused-ring (bicyclic) bond motifs is 2. The van der Waals surface area contributed by atoms with Crippen molar-refractivity contribution in [1.82, 2.24) is 0 Å². The summed E-state index contributed by atoms with van der Waals surface area (Å²) >= 11 is 0. The third kappa shape index (κ3) is 2.32. The van der Waals surface area contributed by atoms with Crippen LogP contribution >= 0.6 is 0 Å². The van der Waals surface area contributed by atoms with E-state index in [0.717, 1.165) is 22.0 Å². The molecule has 5 heteroatoms. The van der Waals surface area contributed by atoms with Gasteiger partial charge in [-0.3, -0.25) is 4.79 Å². The summed E-state index contributed by atoms with van der Waals surface area (Å²) in [6, 6.07) is 18.5. The number of aromatic hydroxyl groups is 1. The van der Waals surface area contributed by atoms with Crippen LogP contribution in [0.5, 0.6) is 5.75 Å². The van der Waals surface area contributed by atoms with E-state index in [-0.39, 0.29) is 17.4 Å². The van der Waals surface area contributed by atoms with Crippen LogP contribution in [0.4, 0.5) is 5.69 Å². The van der Waals surface area contributed by atoms with Gasteiger partial charge in [-0.15, -0.1) is 5.10 Å². The number of para-hydroxylation sites is 1. The standard InChI is InChI=1S/C19H13N3O2/c23-17-10-9-12-5-1-2-6-13(12)15(17)11-20-22-18-14-7-3-4-8-16(14)21-19(18)24/h1-11,23H,(H,21,22,24)/b20-11+. The molecule has 0 atom stereocenters. The minimum absolute atomic E-state index is 0.119. The highest BCUT2D eigenvalue weighted by atomic mass is 16.3. The summed E-state index contributed by atoms with van der Waals surface area (Å²) < 4.78 is 0. The molecule has 5 nitrogen and oxygen atoms in total. The average Bonchev–Trinajstić information content (AvgIpc) is 2.92. The van der Waals surface area contributed by atoms with Crippen LogP contribution in [-0.4, -0.2) is 22.9 Å². The fourth-order valence-electron chi connectivity index (χ4n) is 2.77. The number of phenols is 1. The molecule has 0 saturated heterocycles. The van der Waals surface area contributed by atoms with Crippen molar-refractivity contribution in [2.75, 3.05) is 5.32 Å². The Kier molecular flexibility index (Phi) is 3.31. The maximum atomic E-state index is 12.0. The van der Waals surface area contributed by atoms with Gasteiger partial charge in [0.05, 0.1) is 11.9 Å². The molecule has 0 saturated carbocycles. The van der Waals surface area contributed by atoms with Crippen LogP contribution in [0.2, 0.25) is 0 Å². The Balaban J connectivity index is 1.75. The highest BCUT2D eigenvalue weighted by Gasteiger charge is 2.25. The molecule has 1 aliphatic heterocycles. The molecule has 3 aromatic carbocycles. The Bertz CT molecular complexity index is 1020. The van der Waals surface area contributed by atoms with E-state index in [1.54, 1.807) is 6.07 Å². The molecule has 1 amide bonds. The van der Waals surface area contributed by atoms with Gasteiger partial charge in [0.25, 0.3) is 5.91 Å². The number of nitrogens with one attached hydrogen (secondary N) is 1. The minimum atomic E-state index is -0.282. The molecule has 0 spiro atoms. The first kappa shape index (κ1) is 14.1. The predicted octanol–water partition coefficient (Wildman–Crippen LogP) is 3.32. The molecule has 2 N–H and O–H groups in total. The van der Waals surface area contributed by atoms with Gasteiger partial charge in [-0.1, -0.05) is 48.5 Å². The Hall–Kier alpha value is -3.47. The number of hydrogen-bond donors (Lipinski definition) is 2. The van der Waals surface area contributed by atoms with E-state index in [9.17, 15) is 9.90 Å². The molecule has 4 rings (SSSR count). The van der Waals surface area contributed by atoms with Crippen LogP contribution < -0.4 is 5.32 Å². The zero-order valence-electron chi connectivity index (χ0n) is 12.6. The highest BCUT2D eigenvalue weighted by molar-refractivity contribution is 6.53.